The van der Waals surface area contributed by atoms with E-state index in [0.717, 1.165) is 11.6 Å². The summed E-state index contributed by atoms with van der Waals surface area (Å²) in [7, 11) is 0. The number of carbonyl (C=O) groups is 1. The number of alkyl halides is 3. The van der Waals surface area contributed by atoms with Crippen LogP contribution in [-0.2, 0) is 11.0 Å². The maximum Gasteiger partial charge on any atom is 0.418 e. The first-order valence-corrected chi connectivity index (χ1v) is 8.08. The van der Waals surface area contributed by atoms with E-state index >= 15 is 0 Å². The maximum atomic E-state index is 13.1. The summed E-state index contributed by atoms with van der Waals surface area (Å²) < 4.78 is 39.3. The van der Waals surface area contributed by atoms with Crippen molar-refractivity contribution in [3.8, 4) is 0 Å². The summed E-state index contributed by atoms with van der Waals surface area (Å²) in [5, 5.41) is 2.56. The third-order valence-electron chi connectivity index (χ3n) is 3.65. The molecule has 0 aliphatic carbocycles. The van der Waals surface area contributed by atoms with Crippen molar-refractivity contribution in [2.24, 2.45) is 0 Å². The first-order chi connectivity index (χ1) is 11.7. The lowest BCUT2D eigenvalue weighted by Crippen LogP contribution is -2.35. The van der Waals surface area contributed by atoms with Gasteiger partial charge in [-0.15, -0.1) is 0 Å². The van der Waals surface area contributed by atoms with Gasteiger partial charge in [-0.25, -0.2) is 0 Å². The highest BCUT2D eigenvalue weighted by atomic mass is 35.5. The van der Waals surface area contributed by atoms with Gasteiger partial charge in [0.15, 0.2) is 0 Å². The molecule has 0 saturated heterocycles. The minimum atomic E-state index is -4.56. The zero-order valence-corrected chi connectivity index (χ0v) is 14.6. The molecule has 0 fully saturated rings. The first-order valence-electron chi connectivity index (χ1n) is 7.70. The predicted octanol–water partition coefficient (Wildman–Crippen LogP) is 5.13. The van der Waals surface area contributed by atoms with Crippen LogP contribution in [0.1, 0.15) is 18.1 Å². The lowest BCUT2D eigenvalue weighted by molar-refractivity contribution is -0.137. The van der Waals surface area contributed by atoms with Crippen LogP contribution < -0.4 is 10.2 Å². The predicted molar refractivity (Wildman–Crippen MR) is 94.1 cm³/mol. The fraction of sp³-hybridized carbons (Fsp3) is 0.278. The fourth-order valence-corrected chi connectivity index (χ4v) is 2.64. The Morgan fingerprint density at radius 1 is 1.20 bits per heavy atom. The Balaban J connectivity index is 2.16. The van der Waals surface area contributed by atoms with Crippen LogP contribution in [0.2, 0.25) is 5.02 Å². The second kappa shape index (κ2) is 7.78. The molecule has 0 bridgehead atoms. The van der Waals surface area contributed by atoms with Crippen LogP contribution in [0.25, 0.3) is 0 Å². The number of carbonyl (C=O) groups excluding carboxylic acids is 1. The summed E-state index contributed by atoms with van der Waals surface area (Å²) in [5.74, 6) is -0.323. The molecular formula is C18H18ClF3N2O. The van der Waals surface area contributed by atoms with Crippen molar-refractivity contribution >= 4 is 28.9 Å². The number of benzene rings is 2. The number of hydrogen-bond acceptors (Lipinski definition) is 2. The summed E-state index contributed by atoms with van der Waals surface area (Å²) in [5.41, 5.74) is 0.632. The third-order valence-corrected chi connectivity index (χ3v) is 3.88. The molecule has 1 amide bonds. The van der Waals surface area contributed by atoms with E-state index < -0.39 is 11.7 Å². The SMILES string of the molecule is CCN(C(=O)CNc1ccc(Cl)cc1C(F)(F)F)c1cccc(C)c1. The second-order valence-corrected chi connectivity index (χ2v) is 5.95. The molecule has 0 aliphatic heterocycles. The van der Waals surface area contributed by atoms with E-state index in [-0.39, 0.29) is 23.2 Å². The number of hydrogen-bond donors (Lipinski definition) is 1. The number of halogens is 4. The molecule has 0 atom stereocenters. The largest absolute Gasteiger partial charge is 0.418 e. The fourth-order valence-electron chi connectivity index (χ4n) is 2.47. The molecule has 2 rings (SSSR count). The molecule has 0 aliphatic rings. The van der Waals surface area contributed by atoms with Gasteiger partial charge in [0, 0.05) is 22.9 Å². The summed E-state index contributed by atoms with van der Waals surface area (Å²) in [4.78, 5) is 14.0. The van der Waals surface area contributed by atoms with Crippen molar-refractivity contribution in [2.45, 2.75) is 20.0 Å². The van der Waals surface area contributed by atoms with Crippen molar-refractivity contribution in [1.29, 1.82) is 0 Å². The molecule has 0 heterocycles. The topological polar surface area (TPSA) is 32.3 Å². The molecule has 1 N–H and O–H groups in total. The lowest BCUT2D eigenvalue weighted by Gasteiger charge is -2.22. The highest BCUT2D eigenvalue weighted by Crippen LogP contribution is 2.36. The van der Waals surface area contributed by atoms with Gasteiger partial charge in [-0.1, -0.05) is 23.7 Å². The van der Waals surface area contributed by atoms with Crippen molar-refractivity contribution in [2.75, 3.05) is 23.3 Å². The van der Waals surface area contributed by atoms with Gasteiger partial charge in [-0.2, -0.15) is 13.2 Å². The molecule has 2 aromatic carbocycles. The standard InChI is InChI=1S/C18H18ClF3N2O/c1-3-24(14-6-4-5-12(2)9-14)17(25)11-23-16-8-7-13(19)10-15(16)18(20,21)22/h4-10,23H,3,11H2,1-2H3. The first kappa shape index (κ1) is 19.1. The van der Waals surface area contributed by atoms with Crippen LogP contribution in [0.4, 0.5) is 24.5 Å². The second-order valence-electron chi connectivity index (χ2n) is 5.52. The number of likely N-dealkylation sites (N-methyl/N-ethyl adjacent to an activating group) is 1. The van der Waals surface area contributed by atoms with Gasteiger partial charge < -0.3 is 10.2 Å². The molecule has 25 heavy (non-hydrogen) atoms. The molecule has 3 nitrogen and oxygen atoms in total. The summed E-state index contributed by atoms with van der Waals surface area (Å²) in [6.45, 7) is 3.87. The van der Waals surface area contributed by atoms with Crippen LogP contribution in [0.15, 0.2) is 42.5 Å². The number of amides is 1. The van der Waals surface area contributed by atoms with E-state index in [1.165, 1.54) is 17.0 Å². The van der Waals surface area contributed by atoms with Gasteiger partial charge in [0.05, 0.1) is 12.1 Å². The van der Waals surface area contributed by atoms with E-state index in [9.17, 15) is 18.0 Å². The van der Waals surface area contributed by atoms with Crippen molar-refractivity contribution in [3.63, 3.8) is 0 Å². The Kier molecular flexibility index (Phi) is 5.95. The Labute approximate surface area is 149 Å². The zero-order chi connectivity index (χ0) is 18.6. The van der Waals surface area contributed by atoms with Crippen LogP contribution in [0, 0.1) is 6.92 Å². The summed E-state index contributed by atoms with van der Waals surface area (Å²) in [6, 6.07) is 10.8. The van der Waals surface area contributed by atoms with Gasteiger partial charge in [0.2, 0.25) is 5.91 Å². The third kappa shape index (κ3) is 4.89. The Morgan fingerprint density at radius 3 is 2.52 bits per heavy atom. The van der Waals surface area contributed by atoms with Crippen LogP contribution >= 0.6 is 11.6 Å². The van der Waals surface area contributed by atoms with Gasteiger partial charge >= 0.3 is 6.18 Å². The molecule has 0 radical (unpaired) electrons. The maximum absolute atomic E-state index is 13.1. The van der Waals surface area contributed by atoms with Crippen molar-refractivity contribution < 1.29 is 18.0 Å². The van der Waals surface area contributed by atoms with E-state index in [1.54, 1.807) is 6.07 Å². The average Bonchev–Trinajstić information content (AvgIpc) is 2.53. The molecule has 2 aromatic rings. The molecule has 0 unspecified atom stereocenters. The van der Waals surface area contributed by atoms with Gasteiger partial charge in [0.25, 0.3) is 0 Å². The molecule has 134 valence electrons. The van der Waals surface area contributed by atoms with E-state index in [1.807, 2.05) is 32.0 Å². The molecule has 0 aromatic heterocycles. The van der Waals surface area contributed by atoms with Crippen molar-refractivity contribution in [3.05, 3.63) is 58.6 Å². The number of nitrogens with one attached hydrogen (secondary N) is 1. The zero-order valence-electron chi connectivity index (χ0n) is 13.8. The average molecular weight is 371 g/mol. The number of rotatable bonds is 5. The minimum Gasteiger partial charge on any atom is -0.376 e. The molecule has 7 heteroatoms. The quantitative estimate of drug-likeness (QED) is 0.791. The Hall–Kier alpha value is -2.21. The van der Waals surface area contributed by atoms with Crippen LogP contribution in [0.5, 0.6) is 0 Å². The molecule has 0 spiro atoms. The lowest BCUT2D eigenvalue weighted by atomic mass is 10.1. The van der Waals surface area contributed by atoms with Crippen LogP contribution in [-0.4, -0.2) is 19.0 Å². The smallest absolute Gasteiger partial charge is 0.376 e. The number of aryl methyl sites for hydroxylation is 1. The van der Waals surface area contributed by atoms with E-state index in [4.69, 9.17) is 11.6 Å². The molecule has 0 saturated carbocycles. The minimum absolute atomic E-state index is 0.0147. The van der Waals surface area contributed by atoms with E-state index in [0.29, 0.717) is 12.2 Å². The Morgan fingerprint density at radius 2 is 1.92 bits per heavy atom. The normalized spacial score (nSPS) is 11.3. The van der Waals surface area contributed by atoms with E-state index in [2.05, 4.69) is 5.32 Å². The van der Waals surface area contributed by atoms with Gasteiger partial charge in [-0.05, 0) is 49.7 Å². The summed E-state index contributed by atoms with van der Waals surface area (Å²) >= 11 is 5.65. The highest BCUT2D eigenvalue weighted by molar-refractivity contribution is 6.30. The number of nitrogens with zero attached hydrogens (tertiary/aromatic N) is 1. The Bertz CT molecular complexity index is 762. The molecular weight excluding hydrogens is 353 g/mol. The monoisotopic (exact) mass is 370 g/mol. The van der Waals surface area contributed by atoms with Crippen LogP contribution in [0.3, 0.4) is 0 Å². The van der Waals surface area contributed by atoms with Crippen molar-refractivity contribution in [1.82, 2.24) is 0 Å². The number of anilines is 2. The highest BCUT2D eigenvalue weighted by Gasteiger charge is 2.34. The van der Waals surface area contributed by atoms with Gasteiger partial charge in [-0.3, -0.25) is 4.79 Å². The summed E-state index contributed by atoms with van der Waals surface area (Å²) in [6.07, 6.45) is -4.56. The van der Waals surface area contributed by atoms with Gasteiger partial charge in [0.1, 0.15) is 0 Å².